The van der Waals surface area contributed by atoms with Crippen LogP contribution in [0.15, 0.2) is 12.2 Å². The molecule has 2 amide bonds. The highest BCUT2D eigenvalue weighted by atomic mass is 16.2. The lowest BCUT2D eigenvalue weighted by Gasteiger charge is -2.48. The maximum absolute atomic E-state index is 13.0. The lowest BCUT2D eigenvalue weighted by molar-refractivity contribution is -0.144. The van der Waals surface area contributed by atoms with Gasteiger partial charge < -0.3 is 5.32 Å². The van der Waals surface area contributed by atoms with Gasteiger partial charge in [0.25, 0.3) is 0 Å². The van der Waals surface area contributed by atoms with Crippen LogP contribution in [0.25, 0.3) is 0 Å². The van der Waals surface area contributed by atoms with E-state index in [0.717, 1.165) is 19.3 Å². The molecule has 2 fully saturated rings. The van der Waals surface area contributed by atoms with Crippen molar-refractivity contribution in [3.63, 3.8) is 0 Å². The Morgan fingerprint density at radius 2 is 1.52 bits per heavy atom. The quantitative estimate of drug-likeness (QED) is 0.271. The Labute approximate surface area is 178 Å². The Morgan fingerprint density at radius 3 is 2.14 bits per heavy atom. The molecular weight excluding hydrogens is 360 g/mol. The Morgan fingerprint density at radius 1 is 0.931 bits per heavy atom. The van der Waals surface area contributed by atoms with Crippen molar-refractivity contribution in [3.05, 3.63) is 12.2 Å². The van der Waals surface area contributed by atoms with Gasteiger partial charge in [-0.25, -0.2) is 0 Å². The topological polar surface area (TPSA) is 49.4 Å². The Balaban J connectivity index is 1.76. The number of rotatable bonds is 11. The normalized spacial score (nSPS) is 24.7. The van der Waals surface area contributed by atoms with Crippen molar-refractivity contribution >= 4 is 11.8 Å². The minimum atomic E-state index is -0.158. The first-order valence-electron chi connectivity index (χ1n) is 12.0. The third-order valence-electron chi connectivity index (χ3n) is 6.37. The molecule has 0 saturated carbocycles. The van der Waals surface area contributed by atoms with E-state index in [4.69, 9.17) is 0 Å². The van der Waals surface area contributed by atoms with Gasteiger partial charge in [-0.2, -0.15) is 0 Å². The van der Waals surface area contributed by atoms with Gasteiger partial charge in [0.05, 0.1) is 5.92 Å². The van der Waals surface area contributed by atoms with Crippen LogP contribution in [-0.2, 0) is 9.59 Å². The highest BCUT2D eigenvalue weighted by molar-refractivity contribution is 6.04. The molecule has 2 aliphatic rings. The Kier molecular flexibility index (Phi) is 8.93. The average molecular weight is 405 g/mol. The first-order chi connectivity index (χ1) is 13.7. The number of nitrogens with zero attached hydrogens (tertiary/aromatic N) is 1. The molecule has 0 aliphatic carbocycles. The summed E-state index contributed by atoms with van der Waals surface area (Å²) in [6, 6.07) is 0.0166. The van der Waals surface area contributed by atoms with Gasteiger partial charge in [-0.05, 0) is 59.8 Å². The molecular formula is C25H44N2O2. The van der Waals surface area contributed by atoms with Crippen LogP contribution in [0.2, 0.25) is 0 Å². The standard InChI is InChI=1S/C25H44N2O2/c1-6-7-8-9-10-11-12-13-14-15-16-20-17-22(28)27(23(20)29)21-18-24(2,3)26-25(4,5)19-21/h14-15,20-21,26H,6-13,16-19H2,1-5H3. The molecule has 0 radical (unpaired) electrons. The zero-order chi connectivity index (χ0) is 21.5. The smallest absolute Gasteiger partial charge is 0.233 e. The van der Waals surface area contributed by atoms with Gasteiger partial charge >= 0.3 is 0 Å². The van der Waals surface area contributed by atoms with E-state index in [0.29, 0.717) is 12.8 Å². The van der Waals surface area contributed by atoms with E-state index in [2.05, 4.69) is 52.1 Å². The second-order valence-corrected chi connectivity index (χ2v) is 10.6. The number of hydrogen-bond acceptors (Lipinski definition) is 3. The number of amides is 2. The lowest BCUT2D eigenvalue weighted by Crippen LogP contribution is -2.62. The monoisotopic (exact) mass is 404 g/mol. The van der Waals surface area contributed by atoms with E-state index in [1.165, 1.54) is 44.9 Å². The maximum atomic E-state index is 13.0. The minimum absolute atomic E-state index is 0.0166. The molecule has 4 nitrogen and oxygen atoms in total. The fourth-order valence-electron chi connectivity index (χ4n) is 5.33. The first-order valence-corrected chi connectivity index (χ1v) is 12.0. The third-order valence-corrected chi connectivity index (χ3v) is 6.37. The molecule has 0 spiro atoms. The van der Waals surface area contributed by atoms with Gasteiger partial charge in [-0.15, -0.1) is 0 Å². The summed E-state index contributed by atoms with van der Waals surface area (Å²) in [5.41, 5.74) is -0.136. The van der Waals surface area contributed by atoms with Crippen LogP contribution >= 0.6 is 0 Å². The van der Waals surface area contributed by atoms with Crippen molar-refractivity contribution in [2.45, 2.75) is 129 Å². The minimum Gasteiger partial charge on any atom is -0.307 e. The molecule has 2 saturated heterocycles. The molecule has 1 N–H and O–H groups in total. The molecule has 2 rings (SSSR count). The molecule has 0 bridgehead atoms. The highest BCUT2D eigenvalue weighted by Gasteiger charge is 2.47. The van der Waals surface area contributed by atoms with Crippen molar-refractivity contribution in [2.75, 3.05) is 0 Å². The molecule has 1 atom stereocenters. The summed E-state index contributed by atoms with van der Waals surface area (Å²) in [5.74, 6) is -0.0815. The van der Waals surface area contributed by atoms with E-state index in [-0.39, 0.29) is 34.9 Å². The van der Waals surface area contributed by atoms with E-state index in [9.17, 15) is 9.59 Å². The molecule has 2 heterocycles. The average Bonchev–Trinajstić information content (AvgIpc) is 2.87. The fraction of sp³-hybridized carbons (Fsp3) is 0.840. The lowest BCUT2D eigenvalue weighted by atomic mass is 9.79. The van der Waals surface area contributed by atoms with Gasteiger partial charge in [0.2, 0.25) is 11.8 Å². The van der Waals surface area contributed by atoms with Gasteiger partial charge in [0, 0.05) is 23.5 Å². The molecule has 0 aromatic heterocycles. The van der Waals surface area contributed by atoms with Crippen LogP contribution in [0.3, 0.4) is 0 Å². The highest BCUT2D eigenvalue weighted by Crippen LogP contribution is 2.35. The number of allylic oxidation sites excluding steroid dienone is 2. The third kappa shape index (κ3) is 7.55. The Bertz CT molecular complexity index is 563. The molecule has 4 heteroatoms. The van der Waals surface area contributed by atoms with E-state index < -0.39 is 0 Å². The van der Waals surface area contributed by atoms with Gasteiger partial charge in [-0.3, -0.25) is 14.5 Å². The number of unbranched alkanes of at least 4 members (excludes halogenated alkanes) is 7. The van der Waals surface area contributed by atoms with Crippen LogP contribution in [0.4, 0.5) is 0 Å². The molecule has 2 aliphatic heterocycles. The number of nitrogens with one attached hydrogen (secondary N) is 1. The van der Waals surface area contributed by atoms with Crippen molar-refractivity contribution in [3.8, 4) is 0 Å². The summed E-state index contributed by atoms with van der Waals surface area (Å²) >= 11 is 0. The number of carbonyl (C=O) groups excluding carboxylic acids is 2. The number of carbonyl (C=O) groups is 2. The summed E-state index contributed by atoms with van der Waals surface area (Å²) in [7, 11) is 0. The predicted molar refractivity (Wildman–Crippen MR) is 121 cm³/mol. The summed E-state index contributed by atoms with van der Waals surface area (Å²) < 4.78 is 0. The van der Waals surface area contributed by atoms with Crippen LogP contribution in [-0.4, -0.2) is 33.8 Å². The maximum Gasteiger partial charge on any atom is 0.233 e. The largest absolute Gasteiger partial charge is 0.307 e. The fourth-order valence-corrected chi connectivity index (χ4v) is 5.33. The second kappa shape index (κ2) is 10.7. The van der Waals surface area contributed by atoms with Crippen molar-refractivity contribution in [1.29, 1.82) is 0 Å². The molecule has 0 aromatic rings. The number of likely N-dealkylation sites (tertiary alicyclic amines) is 1. The summed E-state index contributed by atoms with van der Waals surface area (Å²) in [6.07, 6.45) is 17.4. The number of hydrogen-bond donors (Lipinski definition) is 1. The second-order valence-electron chi connectivity index (χ2n) is 10.6. The van der Waals surface area contributed by atoms with Gasteiger partial charge in [0.1, 0.15) is 0 Å². The number of imide groups is 1. The molecule has 166 valence electrons. The molecule has 29 heavy (non-hydrogen) atoms. The summed E-state index contributed by atoms with van der Waals surface area (Å²) in [5, 5.41) is 3.64. The zero-order valence-corrected chi connectivity index (χ0v) is 19.6. The van der Waals surface area contributed by atoms with E-state index in [1.54, 1.807) is 4.90 Å². The van der Waals surface area contributed by atoms with E-state index >= 15 is 0 Å². The Hall–Kier alpha value is -1.16. The van der Waals surface area contributed by atoms with Crippen molar-refractivity contribution < 1.29 is 9.59 Å². The van der Waals surface area contributed by atoms with Crippen molar-refractivity contribution in [1.82, 2.24) is 10.2 Å². The van der Waals surface area contributed by atoms with E-state index in [1.807, 2.05) is 0 Å². The van der Waals surface area contributed by atoms with Crippen molar-refractivity contribution in [2.24, 2.45) is 5.92 Å². The number of piperidine rings is 1. The molecule has 1 unspecified atom stereocenters. The van der Waals surface area contributed by atoms with Crippen LogP contribution in [0.5, 0.6) is 0 Å². The van der Waals surface area contributed by atoms with Crippen LogP contribution < -0.4 is 5.32 Å². The summed E-state index contributed by atoms with van der Waals surface area (Å²) in [4.78, 5) is 27.2. The van der Waals surface area contributed by atoms with Crippen LogP contribution in [0, 0.1) is 5.92 Å². The zero-order valence-electron chi connectivity index (χ0n) is 19.6. The van der Waals surface area contributed by atoms with Crippen LogP contribution in [0.1, 0.15) is 112 Å². The first kappa shape index (κ1) is 24.1. The predicted octanol–water partition coefficient (Wildman–Crippen LogP) is 5.76. The SMILES string of the molecule is CCCCCCCCCC=CCC1CC(=O)N(C2CC(C)(C)NC(C)(C)C2)C1=O. The van der Waals surface area contributed by atoms with Gasteiger partial charge in [-0.1, -0.05) is 57.6 Å². The summed E-state index contributed by atoms with van der Waals surface area (Å²) in [6.45, 7) is 10.9. The molecule has 0 aromatic carbocycles. The van der Waals surface area contributed by atoms with Gasteiger partial charge in [0.15, 0.2) is 0 Å².